The molecule has 16 rings (SSSR count). The zero-order chi connectivity index (χ0) is 94.4. The highest BCUT2D eigenvalue weighted by molar-refractivity contribution is 8.18. The fraction of sp³-hybridized carbons (Fsp3) is 0.381. The van der Waals surface area contributed by atoms with Crippen LogP contribution >= 0.6 is 11.8 Å². The number of carbonyl (C=O) groups excluding carboxylic acids is 9. The molecule has 10 N–H and O–H groups in total. The zero-order valence-corrected chi connectivity index (χ0v) is 79.2. The average Bonchev–Trinajstić information content (AvgIpc) is 1.28. The summed E-state index contributed by atoms with van der Waals surface area (Å²) in [5.41, 5.74) is 25.3. The Morgan fingerprint density at radius 2 is 0.620 bits per heavy atom. The maximum absolute atomic E-state index is 12.1. The molecule has 8 aliphatic rings. The number of carbonyl (C=O) groups is 9. The van der Waals surface area contributed by atoms with Crippen LogP contribution in [0.4, 0.5) is 19.2 Å². The molecule has 0 aromatic heterocycles. The van der Waals surface area contributed by atoms with Gasteiger partial charge in [-0.05, 0) is 308 Å². The summed E-state index contributed by atoms with van der Waals surface area (Å²) < 4.78 is 22.5. The molecule has 23 nitrogen and oxygen atoms in total. The van der Waals surface area contributed by atoms with Crippen LogP contribution in [-0.2, 0) is 67.3 Å². The van der Waals surface area contributed by atoms with Crippen molar-refractivity contribution >= 4 is 89.0 Å². The first-order chi connectivity index (χ1) is 60.1. The highest BCUT2D eigenvalue weighted by Crippen LogP contribution is 2.55. The van der Waals surface area contributed by atoms with E-state index in [1.165, 1.54) is 69.6 Å². The van der Waals surface area contributed by atoms with Crippen molar-refractivity contribution in [3.8, 4) is 84.8 Å². The van der Waals surface area contributed by atoms with Gasteiger partial charge in [0.05, 0.1) is 26.2 Å². The number of imide groups is 4. The molecule has 4 aliphatic heterocycles. The SMILES string of the molecule is CC(=O)Oc1ccc(/C=C2\SC(=O)NC2=O)cc1-c1cc2c(cc1C)C(C)(C)CCC2(C)C.COc1cc(O)c(/C=C2\NC(=O)NC2=O)cc1-c1cc2c(cc1C)C(C)(C)CCC2(C)C.COc1cc(OC)c(-c2cc3c(cc2C)C(C)(C)CCC3(C)C)cc1/C=C1\NC(=O)NC1=O.Cc1cc2c(cc1-c1cc(/C=C3\NC(=O)NC3=O)c(O)cc1O)C(C)(C)CCC2(C)C. The minimum Gasteiger partial charge on any atom is -0.507 e. The molecule has 11 amide bonds. The minimum absolute atomic E-state index is 0.0108. The van der Waals surface area contributed by atoms with Crippen LogP contribution < -0.4 is 56.2 Å². The first-order valence-corrected chi connectivity index (χ1v) is 44.4. The summed E-state index contributed by atoms with van der Waals surface area (Å²) >= 11 is 0.882. The fourth-order valence-corrected chi connectivity index (χ4v) is 19.6. The second-order valence-corrected chi connectivity index (χ2v) is 41.4. The summed E-state index contributed by atoms with van der Waals surface area (Å²) in [7, 11) is 4.78. The summed E-state index contributed by atoms with van der Waals surface area (Å²) in [5.74, 6) is -0.360. The van der Waals surface area contributed by atoms with Gasteiger partial charge in [-0.3, -0.25) is 50.0 Å². The smallest absolute Gasteiger partial charge is 0.326 e. The number of esters is 1. The maximum Gasteiger partial charge on any atom is 0.326 e. The van der Waals surface area contributed by atoms with Gasteiger partial charge in [-0.1, -0.05) is 141 Å². The lowest BCUT2D eigenvalue weighted by atomic mass is 9.62. The van der Waals surface area contributed by atoms with Gasteiger partial charge in [0.25, 0.3) is 28.9 Å². The number of ether oxygens (including phenoxy) is 4. The summed E-state index contributed by atoms with van der Waals surface area (Å²) in [4.78, 5) is 106. The highest BCUT2D eigenvalue weighted by atomic mass is 32.2. The molecular weight excluding hydrogens is 1650 g/mol. The molecule has 4 fully saturated rings. The van der Waals surface area contributed by atoms with E-state index in [9.17, 15) is 58.5 Å². The largest absolute Gasteiger partial charge is 0.507 e. The van der Waals surface area contributed by atoms with Crippen LogP contribution in [0.1, 0.15) is 258 Å². The number of thioether (sulfide) groups is 1. The van der Waals surface area contributed by atoms with E-state index >= 15 is 0 Å². The Labute approximate surface area is 759 Å². The summed E-state index contributed by atoms with van der Waals surface area (Å²) in [6.07, 6.45) is 15.1. The quantitative estimate of drug-likeness (QED) is 0.0235. The number of hydrogen-bond acceptors (Lipinski definition) is 17. The molecule has 0 radical (unpaired) electrons. The number of nitrogens with one attached hydrogen (secondary N) is 7. The molecule has 4 saturated heterocycles. The molecule has 0 atom stereocenters. The van der Waals surface area contributed by atoms with E-state index in [0.717, 1.165) is 130 Å². The number of amides is 11. The van der Waals surface area contributed by atoms with E-state index in [-0.39, 0.29) is 82.9 Å². The number of hydrogen-bond donors (Lipinski definition) is 10. The van der Waals surface area contributed by atoms with Crippen molar-refractivity contribution in [3.05, 3.63) is 214 Å². The molecule has 0 unspecified atom stereocenters. The first-order valence-electron chi connectivity index (χ1n) is 43.6. The molecule has 8 aromatic rings. The first kappa shape index (κ1) is 93.9. The van der Waals surface area contributed by atoms with Crippen molar-refractivity contribution in [2.24, 2.45) is 0 Å². The Morgan fingerprint density at radius 1 is 0.318 bits per heavy atom. The Bertz CT molecular complexity index is 6240. The van der Waals surface area contributed by atoms with Gasteiger partial charge in [0.15, 0.2) is 0 Å². The third-order valence-corrected chi connectivity index (χ3v) is 28.1. The molecule has 0 bridgehead atoms. The van der Waals surface area contributed by atoms with Crippen molar-refractivity contribution in [2.45, 2.75) is 240 Å². The lowest BCUT2D eigenvalue weighted by Crippen LogP contribution is -2.34. The van der Waals surface area contributed by atoms with Gasteiger partial charge in [-0.25, -0.2) is 14.4 Å². The monoisotopic (exact) mass is 1770 g/mol. The molecular formula is C105H119N7O16S. The van der Waals surface area contributed by atoms with Crippen molar-refractivity contribution in [2.75, 3.05) is 21.3 Å². The molecule has 0 spiro atoms. The van der Waals surface area contributed by atoms with Crippen molar-refractivity contribution in [3.63, 3.8) is 0 Å². The van der Waals surface area contributed by atoms with Crippen LogP contribution in [-0.4, -0.2) is 89.6 Å². The number of rotatable bonds is 12. The number of benzene rings is 8. The Kier molecular flexibility index (Phi) is 25.3. The number of phenolic OH excluding ortho intramolecular Hbond substituents is 3. The van der Waals surface area contributed by atoms with Crippen LogP contribution in [0.5, 0.6) is 40.2 Å². The third-order valence-electron chi connectivity index (χ3n) is 27.3. The van der Waals surface area contributed by atoms with Crippen molar-refractivity contribution in [1.82, 2.24) is 37.2 Å². The number of methoxy groups -OCH3 is 3. The fourth-order valence-electron chi connectivity index (χ4n) is 18.9. The van der Waals surface area contributed by atoms with E-state index in [1.807, 2.05) is 25.1 Å². The van der Waals surface area contributed by atoms with E-state index in [2.05, 4.69) is 217 Å². The topological polar surface area (TPSA) is 335 Å². The summed E-state index contributed by atoms with van der Waals surface area (Å²) in [6, 6.07) is 31.8. The molecule has 4 aliphatic carbocycles. The molecule has 0 saturated carbocycles. The average molecular weight is 1770 g/mol. The Balaban J connectivity index is 0.000000147. The second kappa shape index (κ2) is 34.7. The second-order valence-electron chi connectivity index (χ2n) is 40.4. The van der Waals surface area contributed by atoms with E-state index in [4.69, 9.17) is 18.9 Å². The predicted octanol–water partition coefficient (Wildman–Crippen LogP) is 21.0. The Hall–Kier alpha value is -12.7. The number of aryl methyl sites for hydroxylation is 4. The van der Waals surface area contributed by atoms with Crippen molar-refractivity contribution in [1.29, 1.82) is 0 Å². The molecule has 8 aromatic carbocycles. The number of aromatic hydroxyl groups is 3. The zero-order valence-electron chi connectivity index (χ0n) is 78.3. The molecule has 676 valence electrons. The molecule has 4 heterocycles. The van der Waals surface area contributed by atoms with Crippen LogP contribution in [0.2, 0.25) is 0 Å². The van der Waals surface area contributed by atoms with Crippen molar-refractivity contribution < 1.29 is 77.4 Å². The summed E-state index contributed by atoms with van der Waals surface area (Å²) in [5, 5.41) is 47.4. The van der Waals surface area contributed by atoms with Crippen LogP contribution in [0, 0.1) is 27.7 Å². The van der Waals surface area contributed by atoms with Crippen LogP contribution in [0.25, 0.3) is 68.8 Å². The van der Waals surface area contributed by atoms with E-state index in [1.54, 1.807) is 63.8 Å². The van der Waals surface area contributed by atoms with Gasteiger partial charge < -0.3 is 50.2 Å². The number of fused-ring (bicyclic) bond motifs is 4. The maximum atomic E-state index is 12.1. The van der Waals surface area contributed by atoms with Crippen LogP contribution in [0.15, 0.2) is 125 Å². The van der Waals surface area contributed by atoms with Crippen LogP contribution in [0.3, 0.4) is 0 Å². The van der Waals surface area contributed by atoms with Gasteiger partial charge in [0.2, 0.25) is 0 Å². The van der Waals surface area contributed by atoms with Gasteiger partial charge in [-0.2, -0.15) is 0 Å². The molecule has 24 heteroatoms. The van der Waals surface area contributed by atoms with Gasteiger partial charge in [-0.15, -0.1) is 0 Å². The van der Waals surface area contributed by atoms with Gasteiger partial charge in [0, 0.05) is 64.1 Å². The normalized spacial score (nSPS) is 20.0. The molecule has 129 heavy (non-hydrogen) atoms. The standard InChI is InChI=1S/C27H32N2O4.C27H29NO4S.C26H30N2O4.C25H28N2O4/c1-15-10-19-20(27(4,5)9-8-26(19,2)3)13-17(15)18-11-16(22(32-6)14-23(18)33-7)12-21-24(30)29-25(31)28-21;1-15-11-20-21(27(5,6)10-9-26(20,3)4)14-18(15)19-12-17(7-8-22(19)32-16(2)29)13-23-24(30)28-25(31)33-23;1-14-9-18-19(26(4,5)8-7-25(18,2)3)12-16(14)17-10-15(21(29)13-22(17)32-6)11-20-23(30)28-24(31)27-20;1-13-8-17-18(25(4,5)7-6-24(17,2)3)11-15(13)16-9-14(20(28)12-21(16)29)10-19-22(30)27-23(31)26-19/h10-14H,8-9H2,1-7H3,(H2,28,29,30,31);7-8,11-14H,9-10H2,1-6H3,(H,28,30,31);9-13,29H,7-8H2,1-6H3,(H2,27,28,30,31);8-12,28-29H,6-7H2,1-5H3,(H2,26,27,30,31)/b21-12-;23-13-;20-11-;19-10-. The third kappa shape index (κ3) is 19.1. The lowest BCUT2D eigenvalue weighted by Gasteiger charge is -2.42. The lowest BCUT2D eigenvalue weighted by molar-refractivity contribution is -0.132. The minimum atomic E-state index is -0.606. The number of urea groups is 3. The van der Waals surface area contributed by atoms with Gasteiger partial charge in [0.1, 0.15) is 57.3 Å². The van der Waals surface area contributed by atoms with Gasteiger partial charge >= 0.3 is 24.1 Å². The van der Waals surface area contributed by atoms with E-state index < -0.39 is 47.7 Å². The Morgan fingerprint density at radius 3 is 0.938 bits per heavy atom. The summed E-state index contributed by atoms with van der Waals surface area (Å²) in [6.45, 7) is 46.3. The highest BCUT2D eigenvalue weighted by Gasteiger charge is 2.43. The predicted molar refractivity (Wildman–Crippen MR) is 507 cm³/mol. The van der Waals surface area contributed by atoms with E-state index in [0.29, 0.717) is 50.2 Å². The number of phenols is 3.